The van der Waals surface area contributed by atoms with Crippen LogP contribution in [-0.2, 0) is 4.79 Å². The molecule has 0 aliphatic carbocycles. The summed E-state index contributed by atoms with van der Waals surface area (Å²) in [7, 11) is 0. The third kappa shape index (κ3) is 4.16. The summed E-state index contributed by atoms with van der Waals surface area (Å²) in [5, 5.41) is 3.01. The van der Waals surface area contributed by atoms with Crippen molar-refractivity contribution in [3.8, 4) is 0 Å². The molecular weight excluding hydrogens is 293 g/mol. The van der Waals surface area contributed by atoms with E-state index in [1.807, 2.05) is 0 Å². The van der Waals surface area contributed by atoms with Gasteiger partial charge in [-0.3, -0.25) is 9.59 Å². The number of nitrogens with one attached hydrogen (secondary N) is 2. The Hall–Kier alpha value is -2.15. The zero-order valence-corrected chi connectivity index (χ0v) is 12.4. The standard InChI is InChI=1S/C14H14FN3O2S/c1-8-6-12(19)18-14(16-8)21-7-13(20)17-11-5-3-4-10(15)9(11)2/h3-6H,7H2,1-2H3,(H,17,20)(H,16,18,19). The third-order valence-corrected chi connectivity index (χ3v) is 3.60. The monoisotopic (exact) mass is 307 g/mol. The van der Waals surface area contributed by atoms with E-state index in [-0.39, 0.29) is 23.0 Å². The molecule has 0 bridgehead atoms. The molecule has 1 aromatic carbocycles. The normalized spacial score (nSPS) is 10.4. The van der Waals surface area contributed by atoms with E-state index in [1.54, 1.807) is 19.9 Å². The van der Waals surface area contributed by atoms with Crippen molar-refractivity contribution >= 4 is 23.4 Å². The molecule has 2 N–H and O–H groups in total. The molecule has 1 amide bonds. The van der Waals surface area contributed by atoms with Crippen LogP contribution in [0.15, 0.2) is 34.2 Å². The molecular formula is C14H14FN3O2S. The number of carbonyl (C=O) groups excluding carboxylic acids is 1. The number of amides is 1. The van der Waals surface area contributed by atoms with Gasteiger partial charge in [0.2, 0.25) is 5.91 Å². The van der Waals surface area contributed by atoms with Crippen molar-refractivity contribution in [3.63, 3.8) is 0 Å². The summed E-state index contributed by atoms with van der Waals surface area (Å²) < 4.78 is 13.4. The molecule has 0 aliphatic rings. The van der Waals surface area contributed by atoms with Gasteiger partial charge in [-0.15, -0.1) is 0 Å². The lowest BCUT2D eigenvalue weighted by atomic mass is 10.2. The van der Waals surface area contributed by atoms with Crippen LogP contribution in [0, 0.1) is 19.7 Å². The predicted octanol–water partition coefficient (Wildman–Crippen LogP) is 2.26. The van der Waals surface area contributed by atoms with Crippen LogP contribution in [0.25, 0.3) is 0 Å². The number of benzene rings is 1. The molecule has 0 saturated heterocycles. The Labute approximate surface area is 125 Å². The van der Waals surface area contributed by atoms with Crippen molar-refractivity contribution in [2.24, 2.45) is 0 Å². The van der Waals surface area contributed by atoms with E-state index in [9.17, 15) is 14.0 Å². The molecule has 2 rings (SSSR count). The van der Waals surface area contributed by atoms with Crippen LogP contribution in [0.1, 0.15) is 11.3 Å². The van der Waals surface area contributed by atoms with Gasteiger partial charge in [0.25, 0.3) is 5.56 Å². The quantitative estimate of drug-likeness (QED) is 0.671. The van der Waals surface area contributed by atoms with Crippen molar-refractivity contribution in [1.29, 1.82) is 0 Å². The Morgan fingerprint density at radius 2 is 2.19 bits per heavy atom. The number of H-pyrrole nitrogens is 1. The topological polar surface area (TPSA) is 74.8 Å². The minimum atomic E-state index is -0.370. The lowest BCUT2D eigenvalue weighted by Gasteiger charge is -2.08. The number of carbonyl (C=O) groups is 1. The maximum absolute atomic E-state index is 13.4. The van der Waals surface area contributed by atoms with Gasteiger partial charge in [-0.2, -0.15) is 0 Å². The van der Waals surface area contributed by atoms with E-state index in [1.165, 1.54) is 18.2 Å². The highest BCUT2D eigenvalue weighted by atomic mass is 32.2. The largest absolute Gasteiger partial charge is 0.325 e. The van der Waals surface area contributed by atoms with Gasteiger partial charge in [0.15, 0.2) is 5.16 Å². The lowest BCUT2D eigenvalue weighted by Crippen LogP contribution is -2.16. The number of rotatable bonds is 4. The summed E-state index contributed by atoms with van der Waals surface area (Å²) >= 11 is 1.11. The predicted molar refractivity (Wildman–Crippen MR) is 80.1 cm³/mol. The number of halogens is 1. The molecule has 5 nitrogen and oxygen atoms in total. The molecule has 2 aromatic rings. The second-order valence-electron chi connectivity index (χ2n) is 4.44. The van der Waals surface area contributed by atoms with E-state index >= 15 is 0 Å². The summed E-state index contributed by atoms with van der Waals surface area (Å²) in [6.45, 7) is 3.30. The molecule has 21 heavy (non-hydrogen) atoms. The van der Waals surface area contributed by atoms with Crippen molar-refractivity contribution in [1.82, 2.24) is 9.97 Å². The highest BCUT2D eigenvalue weighted by Crippen LogP contribution is 2.18. The first-order valence-corrected chi connectivity index (χ1v) is 7.20. The number of aromatic nitrogens is 2. The van der Waals surface area contributed by atoms with Crippen LogP contribution in [-0.4, -0.2) is 21.6 Å². The van der Waals surface area contributed by atoms with Gasteiger partial charge in [-0.05, 0) is 26.0 Å². The van der Waals surface area contributed by atoms with Crippen LogP contribution < -0.4 is 10.9 Å². The molecule has 0 radical (unpaired) electrons. The number of aromatic amines is 1. The van der Waals surface area contributed by atoms with Gasteiger partial charge in [0, 0.05) is 23.0 Å². The maximum Gasteiger partial charge on any atom is 0.251 e. The van der Waals surface area contributed by atoms with E-state index in [4.69, 9.17) is 0 Å². The molecule has 0 atom stereocenters. The van der Waals surface area contributed by atoms with Gasteiger partial charge in [-0.1, -0.05) is 17.8 Å². The molecule has 1 heterocycles. The van der Waals surface area contributed by atoms with Gasteiger partial charge in [0.1, 0.15) is 5.82 Å². The van der Waals surface area contributed by atoms with Crippen LogP contribution >= 0.6 is 11.8 Å². The Morgan fingerprint density at radius 1 is 1.43 bits per heavy atom. The fourth-order valence-electron chi connectivity index (χ4n) is 1.68. The van der Waals surface area contributed by atoms with Crippen molar-refractivity contribution < 1.29 is 9.18 Å². The SMILES string of the molecule is Cc1cc(=O)[nH]c(SCC(=O)Nc2cccc(F)c2C)n1. The molecule has 0 aliphatic heterocycles. The molecule has 1 aromatic heterocycles. The smallest absolute Gasteiger partial charge is 0.251 e. The highest BCUT2D eigenvalue weighted by Gasteiger charge is 2.09. The molecule has 7 heteroatoms. The first kappa shape index (κ1) is 15.2. The van der Waals surface area contributed by atoms with Gasteiger partial charge < -0.3 is 10.3 Å². The first-order chi connectivity index (χ1) is 9.95. The number of hydrogen-bond donors (Lipinski definition) is 2. The second-order valence-corrected chi connectivity index (χ2v) is 5.41. The van der Waals surface area contributed by atoms with E-state index in [0.717, 1.165) is 11.8 Å². The second kappa shape index (κ2) is 6.53. The summed E-state index contributed by atoms with van der Waals surface area (Å²) in [4.78, 5) is 29.8. The average Bonchev–Trinajstić information content (AvgIpc) is 2.41. The van der Waals surface area contributed by atoms with Crippen molar-refractivity contribution in [3.05, 3.63) is 51.7 Å². The minimum absolute atomic E-state index is 0.0718. The Kier molecular flexibility index (Phi) is 4.74. The van der Waals surface area contributed by atoms with Gasteiger partial charge in [0.05, 0.1) is 5.75 Å². The Bertz CT molecular complexity index is 730. The number of aryl methyl sites for hydroxylation is 1. The van der Waals surface area contributed by atoms with Crippen LogP contribution in [0.5, 0.6) is 0 Å². The Balaban J connectivity index is 1.99. The first-order valence-electron chi connectivity index (χ1n) is 6.21. The van der Waals surface area contributed by atoms with E-state index < -0.39 is 0 Å². The molecule has 0 fully saturated rings. The van der Waals surface area contributed by atoms with Crippen molar-refractivity contribution in [2.75, 3.05) is 11.1 Å². The molecule has 0 spiro atoms. The highest BCUT2D eigenvalue weighted by molar-refractivity contribution is 7.99. The van der Waals surface area contributed by atoms with Crippen LogP contribution in [0.3, 0.4) is 0 Å². The number of hydrogen-bond acceptors (Lipinski definition) is 4. The summed E-state index contributed by atoms with van der Waals surface area (Å²) in [5.74, 6) is -0.592. The maximum atomic E-state index is 13.4. The summed E-state index contributed by atoms with van der Waals surface area (Å²) in [5.41, 5.74) is 1.15. The number of nitrogens with zero attached hydrogens (tertiary/aromatic N) is 1. The van der Waals surface area contributed by atoms with E-state index in [0.29, 0.717) is 22.1 Å². The van der Waals surface area contributed by atoms with Gasteiger partial charge >= 0.3 is 0 Å². The average molecular weight is 307 g/mol. The summed E-state index contributed by atoms with van der Waals surface area (Å²) in [6.07, 6.45) is 0. The number of anilines is 1. The fraction of sp³-hybridized carbons (Fsp3) is 0.214. The Morgan fingerprint density at radius 3 is 2.90 bits per heavy atom. The third-order valence-electron chi connectivity index (χ3n) is 2.73. The fourth-order valence-corrected chi connectivity index (χ4v) is 2.40. The number of thioether (sulfide) groups is 1. The zero-order valence-electron chi connectivity index (χ0n) is 11.6. The zero-order chi connectivity index (χ0) is 15.4. The molecule has 0 unspecified atom stereocenters. The molecule has 0 saturated carbocycles. The lowest BCUT2D eigenvalue weighted by molar-refractivity contribution is -0.113. The van der Waals surface area contributed by atoms with Gasteiger partial charge in [-0.25, -0.2) is 9.37 Å². The van der Waals surface area contributed by atoms with Crippen LogP contribution in [0.4, 0.5) is 10.1 Å². The van der Waals surface area contributed by atoms with E-state index in [2.05, 4.69) is 15.3 Å². The van der Waals surface area contributed by atoms with Crippen molar-refractivity contribution in [2.45, 2.75) is 19.0 Å². The minimum Gasteiger partial charge on any atom is -0.325 e. The summed E-state index contributed by atoms with van der Waals surface area (Å²) in [6, 6.07) is 5.87. The van der Waals surface area contributed by atoms with Crippen LogP contribution in [0.2, 0.25) is 0 Å². The molecule has 110 valence electrons.